The summed E-state index contributed by atoms with van der Waals surface area (Å²) in [6.45, 7) is 0. The molecule has 0 aliphatic heterocycles. The number of carbonyl (C=O) groups is 2. The van der Waals surface area contributed by atoms with Gasteiger partial charge in [0.25, 0.3) is 0 Å². The summed E-state index contributed by atoms with van der Waals surface area (Å²) in [7, 11) is 0. The SMILES string of the molecule is O=C(O)CCC(Cc1ccccc1Cl)(C(=O)C=Cc1cccc(Cl)c1)c1ccccc1. The number of rotatable bonds is 9. The predicted molar refractivity (Wildman–Crippen MR) is 126 cm³/mol. The van der Waals surface area contributed by atoms with Crippen LogP contribution in [0, 0.1) is 0 Å². The summed E-state index contributed by atoms with van der Waals surface area (Å²) in [4.78, 5) is 25.2. The molecule has 158 valence electrons. The average molecular weight is 453 g/mol. The number of ketones is 1. The highest BCUT2D eigenvalue weighted by Gasteiger charge is 2.39. The van der Waals surface area contributed by atoms with Crippen LogP contribution in [-0.4, -0.2) is 16.9 Å². The zero-order chi connectivity index (χ0) is 22.3. The van der Waals surface area contributed by atoms with E-state index >= 15 is 0 Å². The van der Waals surface area contributed by atoms with Crippen molar-refractivity contribution in [2.24, 2.45) is 0 Å². The topological polar surface area (TPSA) is 54.4 Å². The number of carboxylic acid groups (broad SMARTS) is 1. The Morgan fingerprint density at radius 1 is 0.903 bits per heavy atom. The maximum atomic E-state index is 13.7. The zero-order valence-corrected chi connectivity index (χ0v) is 18.3. The Morgan fingerprint density at radius 2 is 1.61 bits per heavy atom. The molecule has 1 N–H and O–H groups in total. The van der Waals surface area contributed by atoms with Crippen LogP contribution in [0.2, 0.25) is 10.0 Å². The Kier molecular flexibility index (Phi) is 7.67. The zero-order valence-electron chi connectivity index (χ0n) is 16.8. The highest BCUT2D eigenvalue weighted by molar-refractivity contribution is 6.31. The lowest BCUT2D eigenvalue weighted by Gasteiger charge is -2.32. The van der Waals surface area contributed by atoms with Gasteiger partial charge in [0.15, 0.2) is 5.78 Å². The summed E-state index contributed by atoms with van der Waals surface area (Å²) in [5, 5.41) is 10.5. The molecule has 0 aliphatic rings. The van der Waals surface area contributed by atoms with Crippen LogP contribution in [0.5, 0.6) is 0 Å². The van der Waals surface area contributed by atoms with Crippen LogP contribution in [0.3, 0.4) is 0 Å². The third kappa shape index (κ3) is 5.84. The van der Waals surface area contributed by atoms with Crippen LogP contribution in [0.1, 0.15) is 29.5 Å². The summed E-state index contributed by atoms with van der Waals surface area (Å²) in [5.41, 5.74) is 1.28. The average Bonchev–Trinajstić information content (AvgIpc) is 2.77. The van der Waals surface area contributed by atoms with Crippen LogP contribution >= 0.6 is 23.2 Å². The van der Waals surface area contributed by atoms with Gasteiger partial charge in [-0.3, -0.25) is 9.59 Å². The van der Waals surface area contributed by atoms with Gasteiger partial charge >= 0.3 is 5.97 Å². The van der Waals surface area contributed by atoms with Crippen molar-refractivity contribution in [2.75, 3.05) is 0 Å². The molecule has 1 unspecified atom stereocenters. The van der Waals surface area contributed by atoms with E-state index in [-0.39, 0.29) is 18.6 Å². The van der Waals surface area contributed by atoms with E-state index in [1.54, 1.807) is 24.3 Å². The number of hydrogen-bond donors (Lipinski definition) is 1. The number of hydrogen-bond acceptors (Lipinski definition) is 2. The lowest BCUT2D eigenvalue weighted by atomic mass is 9.69. The van der Waals surface area contributed by atoms with Crippen LogP contribution in [0.15, 0.2) is 84.9 Å². The Balaban J connectivity index is 2.08. The third-order valence-electron chi connectivity index (χ3n) is 5.29. The molecule has 0 radical (unpaired) electrons. The summed E-state index contributed by atoms with van der Waals surface area (Å²) in [5.74, 6) is -1.13. The van der Waals surface area contributed by atoms with Gasteiger partial charge in [-0.05, 0) is 53.8 Å². The first-order valence-corrected chi connectivity index (χ1v) is 10.7. The second kappa shape index (κ2) is 10.4. The van der Waals surface area contributed by atoms with E-state index in [2.05, 4.69) is 0 Å². The normalized spacial score (nSPS) is 13.1. The molecule has 31 heavy (non-hydrogen) atoms. The largest absolute Gasteiger partial charge is 0.481 e. The molecule has 0 bridgehead atoms. The number of carbonyl (C=O) groups excluding carboxylic acids is 1. The van der Waals surface area contributed by atoms with E-state index < -0.39 is 11.4 Å². The second-order valence-electron chi connectivity index (χ2n) is 7.36. The molecule has 0 amide bonds. The van der Waals surface area contributed by atoms with Crippen molar-refractivity contribution >= 4 is 41.0 Å². The van der Waals surface area contributed by atoms with Crippen molar-refractivity contribution in [3.05, 3.63) is 112 Å². The lowest BCUT2D eigenvalue weighted by Crippen LogP contribution is -2.38. The maximum absolute atomic E-state index is 13.7. The highest BCUT2D eigenvalue weighted by Crippen LogP contribution is 2.37. The molecule has 3 rings (SSSR count). The van der Waals surface area contributed by atoms with Crippen molar-refractivity contribution in [3.63, 3.8) is 0 Å². The van der Waals surface area contributed by atoms with Crippen LogP contribution in [0.4, 0.5) is 0 Å². The number of carboxylic acids is 1. The standard InChI is InChI=1S/C26H22Cl2O3/c27-22-11-6-7-19(17-22)13-14-24(29)26(16-15-25(30)31,21-9-2-1-3-10-21)18-20-8-4-5-12-23(20)28/h1-14,17H,15-16,18H2,(H,30,31). The van der Waals surface area contributed by atoms with Gasteiger partial charge in [-0.1, -0.05) is 89.9 Å². The molecule has 3 aromatic carbocycles. The first-order valence-electron chi connectivity index (χ1n) is 9.89. The summed E-state index contributed by atoms with van der Waals surface area (Å²) >= 11 is 12.5. The molecule has 0 saturated heterocycles. The first-order chi connectivity index (χ1) is 14.9. The minimum absolute atomic E-state index is 0.143. The van der Waals surface area contributed by atoms with E-state index in [0.29, 0.717) is 16.5 Å². The number of aliphatic carboxylic acids is 1. The van der Waals surface area contributed by atoms with Crippen LogP contribution < -0.4 is 0 Å². The molecule has 0 saturated carbocycles. The second-order valence-corrected chi connectivity index (χ2v) is 8.21. The van der Waals surface area contributed by atoms with Crippen molar-refractivity contribution in [1.82, 2.24) is 0 Å². The fourth-order valence-electron chi connectivity index (χ4n) is 3.67. The lowest BCUT2D eigenvalue weighted by molar-refractivity contribution is -0.137. The Bertz CT molecular complexity index is 1090. The van der Waals surface area contributed by atoms with Crippen molar-refractivity contribution in [1.29, 1.82) is 0 Å². The molecule has 5 heteroatoms. The smallest absolute Gasteiger partial charge is 0.303 e. The fraction of sp³-hybridized carbons (Fsp3) is 0.154. The minimum Gasteiger partial charge on any atom is -0.481 e. The van der Waals surface area contributed by atoms with Gasteiger partial charge < -0.3 is 5.11 Å². The number of halogens is 2. The highest BCUT2D eigenvalue weighted by atomic mass is 35.5. The predicted octanol–water partition coefficient (Wildman–Crippen LogP) is 6.62. The summed E-state index contributed by atoms with van der Waals surface area (Å²) in [6.07, 6.45) is 3.52. The maximum Gasteiger partial charge on any atom is 0.303 e. The minimum atomic E-state index is -1.07. The van der Waals surface area contributed by atoms with Gasteiger partial charge in [0.1, 0.15) is 0 Å². The van der Waals surface area contributed by atoms with E-state index in [0.717, 1.165) is 16.7 Å². The Morgan fingerprint density at radius 3 is 2.29 bits per heavy atom. The van der Waals surface area contributed by atoms with Crippen molar-refractivity contribution in [3.8, 4) is 0 Å². The molecular weight excluding hydrogens is 431 g/mol. The molecule has 0 aromatic heterocycles. The van der Waals surface area contributed by atoms with Gasteiger partial charge in [0.2, 0.25) is 0 Å². The Labute approximate surface area is 191 Å². The van der Waals surface area contributed by atoms with E-state index in [9.17, 15) is 14.7 Å². The molecule has 0 spiro atoms. The summed E-state index contributed by atoms with van der Waals surface area (Å²) in [6, 6.07) is 23.8. The monoisotopic (exact) mass is 452 g/mol. The third-order valence-corrected chi connectivity index (χ3v) is 5.89. The fourth-order valence-corrected chi connectivity index (χ4v) is 4.07. The molecule has 1 atom stereocenters. The van der Waals surface area contributed by atoms with Gasteiger partial charge in [0.05, 0.1) is 5.41 Å². The van der Waals surface area contributed by atoms with Gasteiger partial charge in [-0.15, -0.1) is 0 Å². The molecule has 0 fully saturated rings. The number of benzene rings is 3. The van der Waals surface area contributed by atoms with E-state index in [1.165, 1.54) is 6.08 Å². The molecule has 0 heterocycles. The molecule has 3 aromatic rings. The number of allylic oxidation sites excluding steroid dienone is 1. The molecular formula is C26H22Cl2O3. The van der Waals surface area contributed by atoms with E-state index in [4.69, 9.17) is 23.2 Å². The van der Waals surface area contributed by atoms with Gasteiger partial charge in [0, 0.05) is 16.5 Å². The van der Waals surface area contributed by atoms with Gasteiger partial charge in [-0.2, -0.15) is 0 Å². The molecule has 3 nitrogen and oxygen atoms in total. The van der Waals surface area contributed by atoms with Crippen molar-refractivity contribution in [2.45, 2.75) is 24.7 Å². The van der Waals surface area contributed by atoms with Crippen LogP contribution in [0.25, 0.3) is 6.08 Å². The first kappa shape index (κ1) is 22.8. The summed E-state index contributed by atoms with van der Waals surface area (Å²) < 4.78 is 0. The van der Waals surface area contributed by atoms with Crippen molar-refractivity contribution < 1.29 is 14.7 Å². The Hall–Kier alpha value is -2.88. The van der Waals surface area contributed by atoms with Gasteiger partial charge in [-0.25, -0.2) is 0 Å². The quantitative estimate of drug-likeness (QED) is 0.371. The molecule has 0 aliphatic carbocycles. The van der Waals surface area contributed by atoms with Crippen LogP contribution in [-0.2, 0) is 21.4 Å². The van der Waals surface area contributed by atoms with E-state index in [1.807, 2.05) is 60.7 Å².